The van der Waals surface area contributed by atoms with E-state index in [2.05, 4.69) is 20.5 Å². The Kier molecular flexibility index (Phi) is 4.11. The van der Waals surface area contributed by atoms with Gasteiger partial charge in [0.25, 0.3) is 5.91 Å². The minimum Gasteiger partial charge on any atom is -0.396 e. The highest BCUT2D eigenvalue weighted by molar-refractivity contribution is 6.09. The van der Waals surface area contributed by atoms with Gasteiger partial charge >= 0.3 is 0 Å². The molecule has 0 aliphatic heterocycles. The predicted octanol–water partition coefficient (Wildman–Crippen LogP) is 2.63. The Balaban J connectivity index is 2.19. The van der Waals surface area contributed by atoms with E-state index in [4.69, 9.17) is 5.73 Å². The van der Waals surface area contributed by atoms with Crippen molar-refractivity contribution in [2.24, 2.45) is 0 Å². The number of pyridine rings is 1. The summed E-state index contributed by atoms with van der Waals surface area (Å²) in [4.78, 5) is 16.1. The summed E-state index contributed by atoms with van der Waals surface area (Å²) in [7, 11) is 0. The highest BCUT2D eigenvalue weighted by Crippen LogP contribution is 2.34. The Morgan fingerprint density at radius 1 is 1.25 bits per heavy atom. The van der Waals surface area contributed by atoms with E-state index < -0.39 is 17.5 Å². The van der Waals surface area contributed by atoms with Gasteiger partial charge in [0.15, 0.2) is 11.5 Å². The molecule has 0 aliphatic rings. The molecule has 1 amide bonds. The van der Waals surface area contributed by atoms with Gasteiger partial charge in [-0.15, -0.1) is 0 Å². The van der Waals surface area contributed by atoms with Crippen molar-refractivity contribution in [2.45, 2.75) is 13.3 Å². The number of nitrogens with two attached hydrogens (primary N) is 1. The van der Waals surface area contributed by atoms with Crippen LogP contribution in [-0.4, -0.2) is 27.6 Å². The number of nitrogens with zero attached hydrogens (tertiary/aromatic N) is 2. The molecule has 24 heavy (non-hydrogen) atoms. The Hall–Kier alpha value is -3.03. The van der Waals surface area contributed by atoms with Crippen LogP contribution in [0.2, 0.25) is 0 Å². The van der Waals surface area contributed by atoms with Crippen LogP contribution >= 0.6 is 0 Å². The number of halogens is 2. The Morgan fingerprint density at radius 3 is 2.71 bits per heavy atom. The zero-order valence-electron chi connectivity index (χ0n) is 12.9. The van der Waals surface area contributed by atoms with Gasteiger partial charge in [0.1, 0.15) is 11.5 Å². The van der Waals surface area contributed by atoms with E-state index in [0.29, 0.717) is 17.3 Å². The summed E-state index contributed by atoms with van der Waals surface area (Å²) in [6.07, 6.45) is 3.04. The molecular weight excluding hydrogens is 316 g/mol. The van der Waals surface area contributed by atoms with E-state index in [1.807, 2.05) is 6.92 Å². The number of hydrogen-bond donors (Lipinski definition) is 3. The third-order valence-corrected chi connectivity index (χ3v) is 3.66. The third-order valence-electron chi connectivity index (χ3n) is 3.66. The minimum absolute atomic E-state index is 0.0257. The lowest BCUT2D eigenvalue weighted by molar-refractivity contribution is 0.0950. The normalized spacial score (nSPS) is 11.0. The first-order chi connectivity index (χ1) is 11.5. The van der Waals surface area contributed by atoms with E-state index >= 15 is 0 Å². The summed E-state index contributed by atoms with van der Waals surface area (Å²) >= 11 is 0. The molecule has 4 N–H and O–H groups in total. The van der Waals surface area contributed by atoms with E-state index in [9.17, 15) is 13.6 Å². The number of anilines is 1. The molecule has 0 bridgehead atoms. The molecule has 1 aromatic carbocycles. The Morgan fingerprint density at radius 2 is 2.04 bits per heavy atom. The average molecular weight is 331 g/mol. The van der Waals surface area contributed by atoms with Crippen molar-refractivity contribution < 1.29 is 13.6 Å². The van der Waals surface area contributed by atoms with Crippen molar-refractivity contribution >= 4 is 22.4 Å². The lowest BCUT2D eigenvalue weighted by Crippen LogP contribution is -2.26. The number of nitrogen functional groups attached to an aromatic ring is 1. The number of carbonyl (C=O) groups excluding carboxylic acids is 1. The number of rotatable bonds is 4. The van der Waals surface area contributed by atoms with Crippen LogP contribution in [0.25, 0.3) is 22.0 Å². The molecule has 0 aliphatic carbocycles. The molecule has 0 atom stereocenters. The number of aromatic nitrogens is 3. The molecule has 2 heterocycles. The number of amides is 1. The van der Waals surface area contributed by atoms with Crippen molar-refractivity contribution in [3.05, 3.63) is 41.9 Å². The quantitative estimate of drug-likeness (QED) is 0.684. The summed E-state index contributed by atoms with van der Waals surface area (Å²) < 4.78 is 28.1. The molecule has 8 heteroatoms. The fourth-order valence-electron chi connectivity index (χ4n) is 2.49. The first-order valence-electron chi connectivity index (χ1n) is 7.38. The van der Waals surface area contributed by atoms with E-state index in [0.717, 1.165) is 12.6 Å². The van der Waals surface area contributed by atoms with Crippen LogP contribution in [0, 0.1) is 11.6 Å². The number of H-pyrrole nitrogens is 1. The van der Waals surface area contributed by atoms with Gasteiger partial charge in [-0.05, 0) is 18.6 Å². The number of carbonyl (C=O) groups is 1. The van der Waals surface area contributed by atoms with Crippen LogP contribution in [0.15, 0.2) is 24.5 Å². The molecular formula is C16H15F2N5O. The largest absolute Gasteiger partial charge is 0.396 e. The smallest absolute Gasteiger partial charge is 0.272 e. The number of aromatic amines is 1. The van der Waals surface area contributed by atoms with Gasteiger partial charge in [0, 0.05) is 29.1 Å². The van der Waals surface area contributed by atoms with Gasteiger partial charge in [-0.3, -0.25) is 9.89 Å². The lowest BCUT2D eigenvalue weighted by Gasteiger charge is -2.11. The molecule has 0 unspecified atom stereocenters. The van der Waals surface area contributed by atoms with Crippen LogP contribution in [0.4, 0.5) is 14.5 Å². The summed E-state index contributed by atoms with van der Waals surface area (Å²) in [6, 6.07) is 2.61. The van der Waals surface area contributed by atoms with Gasteiger partial charge < -0.3 is 11.1 Å². The monoisotopic (exact) mass is 331 g/mol. The number of fused-ring (bicyclic) bond motifs is 1. The van der Waals surface area contributed by atoms with Crippen molar-refractivity contribution in [1.82, 2.24) is 20.5 Å². The van der Waals surface area contributed by atoms with Crippen LogP contribution in [0.3, 0.4) is 0 Å². The van der Waals surface area contributed by atoms with Gasteiger partial charge in [-0.25, -0.2) is 13.8 Å². The van der Waals surface area contributed by atoms with Crippen LogP contribution in [0.5, 0.6) is 0 Å². The highest BCUT2D eigenvalue weighted by Gasteiger charge is 2.20. The highest BCUT2D eigenvalue weighted by atomic mass is 19.1. The zero-order valence-corrected chi connectivity index (χ0v) is 12.9. The number of hydrogen-bond acceptors (Lipinski definition) is 4. The zero-order chi connectivity index (χ0) is 17.3. The fraction of sp³-hybridized carbons (Fsp3) is 0.188. The standard InChI is InChI=1S/C16H15F2N5O/c1-2-5-20-16(24)15-13(19)8-3-4-10(17)12(9(8)6-21-15)14-11(18)7-22-23-14/h3-4,6-7H,2,5,19H2,1H3,(H,20,24)(H,22,23). The second kappa shape index (κ2) is 6.23. The number of benzene rings is 1. The Bertz CT molecular complexity index is 922. The molecule has 0 radical (unpaired) electrons. The average Bonchev–Trinajstić information content (AvgIpc) is 2.98. The van der Waals surface area contributed by atoms with Crippen molar-refractivity contribution in [3.63, 3.8) is 0 Å². The van der Waals surface area contributed by atoms with E-state index in [1.165, 1.54) is 18.3 Å². The van der Waals surface area contributed by atoms with Gasteiger partial charge in [-0.1, -0.05) is 6.92 Å². The lowest BCUT2D eigenvalue weighted by atomic mass is 10.0. The molecule has 0 spiro atoms. The summed E-state index contributed by atoms with van der Waals surface area (Å²) in [5.41, 5.74) is 6.08. The molecule has 3 aromatic rings. The molecule has 6 nitrogen and oxygen atoms in total. The second-order valence-corrected chi connectivity index (χ2v) is 5.25. The summed E-state index contributed by atoms with van der Waals surface area (Å²) in [6.45, 7) is 2.41. The second-order valence-electron chi connectivity index (χ2n) is 5.25. The number of nitrogens with one attached hydrogen (secondary N) is 2. The molecule has 0 fully saturated rings. The summed E-state index contributed by atoms with van der Waals surface area (Å²) in [5.74, 6) is -1.74. The minimum atomic E-state index is -0.690. The first kappa shape index (κ1) is 15.9. The topological polar surface area (TPSA) is 96.7 Å². The molecule has 3 rings (SSSR count). The van der Waals surface area contributed by atoms with Crippen molar-refractivity contribution in [2.75, 3.05) is 12.3 Å². The van der Waals surface area contributed by atoms with Crippen LogP contribution in [-0.2, 0) is 0 Å². The molecule has 2 aromatic heterocycles. The maximum absolute atomic E-state index is 14.3. The third kappa shape index (κ3) is 2.55. The molecule has 124 valence electrons. The van der Waals surface area contributed by atoms with Gasteiger partial charge in [0.2, 0.25) is 0 Å². The summed E-state index contributed by atoms with van der Waals surface area (Å²) in [5, 5.41) is 9.39. The molecule has 0 saturated heterocycles. The predicted molar refractivity (Wildman–Crippen MR) is 86.3 cm³/mol. The fourth-order valence-corrected chi connectivity index (χ4v) is 2.49. The van der Waals surface area contributed by atoms with Crippen molar-refractivity contribution in [1.29, 1.82) is 0 Å². The Labute approximate surface area is 136 Å². The maximum atomic E-state index is 14.3. The SMILES string of the molecule is CCCNC(=O)c1ncc2c(-c3[nH]ncc3F)c(F)ccc2c1N. The van der Waals surface area contributed by atoms with Gasteiger partial charge in [-0.2, -0.15) is 5.10 Å². The van der Waals surface area contributed by atoms with Crippen molar-refractivity contribution in [3.8, 4) is 11.3 Å². The van der Waals surface area contributed by atoms with E-state index in [1.54, 1.807) is 0 Å². The van der Waals surface area contributed by atoms with E-state index in [-0.39, 0.29) is 22.6 Å². The van der Waals surface area contributed by atoms with Crippen LogP contribution < -0.4 is 11.1 Å². The molecule has 0 saturated carbocycles. The van der Waals surface area contributed by atoms with Gasteiger partial charge in [0.05, 0.1) is 11.9 Å². The maximum Gasteiger partial charge on any atom is 0.272 e. The van der Waals surface area contributed by atoms with Crippen LogP contribution in [0.1, 0.15) is 23.8 Å². The first-order valence-corrected chi connectivity index (χ1v) is 7.38.